The molecule has 0 aliphatic rings. The summed E-state index contributed by atoms with van der Waals surface area (Å²) < 4.78 is 14.4. The number of anilines is 3. The summed E-state index contributed by atoms with van der Waals surface area (Å²) in [5, 5.41) is 2.56. The highest BCUT2D eigenvalue weighted by Gasteiger charge is 2.25. The molecule has 0 aliphatic heterocycles. The lowest BCUT2D eigenvalue weighted by molar-refractivity contribution is -0.122. The van der Waals surface area contributed by atoms with E-state index in [4.69, 9.17) is 17.3 Å². The quantitative estimate of drug-likeness (QED) is 0.480. The lowest BCUT2D eigenvalue weighted by atomic mass is 10.1. The van der Waals surface area contributed by atoms with Crippen LogP contribution in [-0.4, -0.2) is 27.9 Å². The van der Waals surface area contributed by atoms with Crippen molar-refractivity contribution in [2.75, 3.05) is 22.5 Å². The van der Waals surface area contributed by atoms with Crippen molar-refractivity contribution < 1.29 is 14.0 Å². The van der Waals surface area contributed by atoms with Crippen LogP contribution in [0.2, 0.25) is 5.02 Å². The second-order valence-electron chi connectivity index (χ2n) is 8.07. The van der Waals surface area contributed by atoms with Crippen LogP contribution in [0.4, 0.5) is 21.6 Å². The van der Waals surface area contributed by atoms with Gasteiger partial charge in [0.05, 0.1) is 10.7 Å². The minimum atomic E-state index is -0.762. The van der Waals surface area contributed by atoms with Gasteiger partial charge in [-0.15, -0.1) is 0 Å². The number of carbonyl (C=O) groups is 2. The molecule has 2 aromatic rings. The molecule has 11 heteroatoms. The minimum Gasteiger partial charge on any atom is -0.383 e. The van der Waals surface area contributed by atoms with Crippen LogP contribution < -0.4 is 27.2 Å². The van der Waals surface area contributed by atoms with E-state index in [1.165, 1.54) is 15.5 Å². The molecule has 2 amide bonds. The average Bonchev–Trinajstić information content (AvgIpc) is 2.72. The topological polar surface area (TPSA) is 130 Å². The number of unbranched alkanes of at least 4 members (excludes halogenated alkanes) is 1. The molecule has 1 aromatic carbocycles. The lowest BCUT2D eigenvalue weighted by Crippen LogP contribution is -2.42. The van der Waals surface area contributed by atoms with E-state index >= 15 is 0 Å². The van der Waals surface area contributed by atoms with Crippen LogP contribution in [0, 0.1) is 11.7 Å². The number of nitrogens with two attached hydrogens (primary N) is 1. The van der Waals surface area contributed by atoms with Gasteiger partial charge < -0.3 is 16.0 Å². The fourth-order valence-electron chi connectivity index (χ4n) is 3.22. The summed E-state index contributed by atoms with van der Waals surface area (Å²) in [7, 11) is 0. The summed E-state index contributed by atoms with van der Waals surface area (Å²) in [6.45, 7) is 6.15. The van der Waals surface area contributed by atoms with Crippen LogP contribution >= 0.6 is 11.6 Å². The summed E-state index contributed by atoms with van der Waals surface area (Å²) in [5.41, 5.74) is 4.87. The van der Waals surface area contributed by atoms with Crippen molar-refractivity contribution in [3.8, 4) is 0 Å². The van der Waals surface area contributed by atoms with E-state index in [1.54, 1.807) is 0 Å². The Hall–Kier alpha value is -3.14. The van der Waals surface area contributed by atoms with Crippen LogP contribution in [0.5, 0.6) is 0 Å². The molecular formula is C22H29ClFN5O4. The number of nitrogen functional groups attached to an aromatic ring is 1. The highest BCUT2D eigenvalue weighted by Crippen LogP contribution is 2.23. The zero-order valence-corrected chi connectivity index (χ0v) is 19.7. The van der Waals surface area contributed by atoms with Gasteiger partial charge >= 0.3 is 5.69 Å². The predicted molar refractivity (Wildman–Crippen MR) is 127 cm³/mol. The van der Waals surface area contributed by atoms with Crippen LogP contribution in [0.1, 0.15) is 46.5 Å². The molecule has 1 aromatic heterocycles. The van der Waals surface area contributed by atoms with E-state index in [2.05, 4.69) is 10.3 Å². The van der Waals surface area contributed by atoms with E-state index in [0.29, 0.717) is 13.0 Å². The van der Waals surface area contributed by atoms with Crippen molar-refractivity contribution in [3.63, 3.8) is 0 Å². The van der Waals surface area contributed by atoms with Crippen molar-refractivity contribution in [2.45, 2.75) is 53.0 Å². The van der Waals surface area contributed by atoms with Gasteiger partial charge in [-0.05, 0) is 30.5 Å². The summed E-state index contributed by atoms with van der Waals surface area (Å²) >= 11 is 5.91. The van der Waals surface area contributed by atoms with Crippen LogP contribution in [0.3, 0.4) is 0 Å². The zero-order valence-electron chi connectivity index (χ0n) is 18.9. The molecule has 33 heavy (non-hydrogen) atoms. The summed E-state index contributed by atoms with van der Waals surface area (Å²) in [6, 6.07) is 3.54. The molecule has 0 bridgehead atoms. The number of nitrogens with zero attached hydrogens (tertiary/aromatic N) is 2. The fourth-order valence-corrected chi connectivity index (χ4v) is 3.43. The molecule has 0 spiro atoms. The van der Waals surface area contributed by atoms with Gasteiger partial charge in [-0.3, -0.25) is 23.9 Å². The Bertz CT molecular complexity index is 1130. The largest absolute Gasteiger partial charge is 0.383 e. The maximum absolute atomic E-state index is 13.2. The molecule has 9 nitrogen and oxygen atoms in total. The van der Waals surface area contributed by atoms with Gasteiger partial charge in [-0.1, -0.05) is 38.8 Å². The Kier molecular flexibility index (Phi) is 9.22. The second-order valence-corrected chi connectivity index (χ2v) is 8.48. The number of nitrogens with one attached hydrogen (secondary N) is 2. The first-order valence-corrected chi connectivity index (χ1v) is 11.1. The summed E-state index contributed by atoms with van der Waals surface area (Å²) in [6.07, 6.45) is 1.06. The Labute approximate surface area is 195 Å². The number of benzene rings is 1. The van der Waals surface area contributed by atoms with Gasteiger partial charge in [0.15, 0.2) is 5.69 Å². The van der Waals surface area contributed by atoms with Gasteiger partial charge in [0, 0.05) is 25.9 Å². The van der Waals surface area contributed by atoms with Gasteiger partial charge in [-0.25, -0.2) is 9.18 Å². The van der Waals surface area contributed by atoms with Gasteiger partial charge in [0.1, 0.15) is 11.6 Å². The van der Waals surface area contributed by atoms with Crippen molar-refractivity contribution in [1.82, 2.24) is 9.55 Å². The first kappa shape index (κ1) is 26.1. The minimum absolute atomic E-state index is 0.0179. The monoisotopic (exact) mass is 481 g/mol. The predicted octanol–water partition coefficient (Wildman–Crippen LogP) is 3.12. The number of hydrogen-bond acceptors (Lipinski definition) is 5. The average molecular weight is 482 g/mol. The highest BCUT2D eigenvalue weighted by molar-refractivity contribution is 6.33. The SMILES string of the molecule is CCCCn1c(N)c(N(CC(C)C)C(=O)CCC(=O)Nc2ccc(F)cc2Cl)c(=O)[nH]c1=O. The van der Waals surface area contributed by atoms with Crippen molar-refractivity contribution in [3.05, 3.63) is 49.9 Å². The molecule has 180 valence electrons. The highest BCUT2D eigenvalue weighted by atomic mass is 35.5. The molecule has 4 N–H and O–H groups in total. The van der Waals surface area contributed by atoms with Gasteiger partial charge in [0.2, 0.25) is 11.8 Å². The second kappa shape index (κ2) is 11.6. The molecule has 0 atom stereocenters. The van der Waals surface area contributed by atoms with E-state index in [0.717, 1.165) is 18.6 Å². The molecule has 0 saturated carbocycles. The smallest absolute Gasteiger partial charge is 0.330 e. The molecule has 2 rings (SSSR count). The number of aromatic amines is 1. The van der Waals surface area contributed by atoms with Crippen molar-refractivity contribution in [1.29, 1.82) is 0 Å². The van der Waals surface area contributed by atoms with Crippen LogP contribution in [0.15, 0.2) is 27.8 Å². The number of carbonyl (C=O) groups excluding carboxylic acids is 2. The van der Waals surface area contributed by atoms with E-state index in [-0.39, 0.29) is 47.5 Å². The van der Waals surface area contributed by atoms with E-state index in [1.807, 2.05) is 20.8 Å². The normalized spacial score (nSPS) is 11.0. The van der Waals surface area contributed by atoms with E-state index < -0.39 is 28.9 Å². The standard InChI is InChI=1S/C22H29ClFN5O4/c1-4-5-10-28-20(25)19(21(32)27-22(28)33)29(12-13(2)3)18(31)9-8-17(30)26-16-7-6-14(24)11-15(16)23/h6-7,11,13H,4-5,8-10,12,25H2,1-3H3,(H,26,30)(H,27,32,33). The van der Waals surface area contributed by atoms with Gasteiger partial charge in [-0.2, -0.15) is 0 Å². The maximum atomic E-state index is 13.2. The summed E-state index contributed by atoms with van der Waals surface area (Å²) in [4.78, 5) is 53.6. The third-order valence-electron chi connectivity index (χ3n) is 4.84. The lowest BCUT2D eigenvalue weighted by Gasteiger charge is -2.26. The third kappa shape index (κ3) is 6.92. The van der Waals surface area contributed by atoms with Crippen LogP contribution in [0.25, 0.3) is 0 Å². The number of H-pyrrole nitrogens is 1. The third-order valence-corrected chi connectivity index (χ3v) is 5.15. The summed E-state index contributed by atoms with van der Waals surface area (Å²) in [5.74, 6) is -1.65. The van der Waals surface area contributed by atoms with Gasteiger partial charge in [0.25, 0.3) is 5.56 Å². The molecule has 0 aliphatic carbocycles. The first-order valence-electron chi connectivity index (χ1n) is 10.7. The Balaban J connectivity index is 2.24. The van der Waals surface area contributed by atoms with Crippen molar-refractivity contribution in [2.24, 2.45) is 5.92 Å². The Morgan fingerprint density at radius 3 is 2.58 bits per heavy atom. The van der Waals surface area contributed by atoms with E-state index in [9.17, 15) is 23.6 Å². The first-order chi connectivity index (χ1) is 15.5. The zero-order chi connectivity index (χ0) is 24.7. The van der Waals surface area contributed by atoms with Crippen molar-refractivity contribution >= 4 is 40.6 Å². The molecule has 1 heterocycles. The van der Waals surface area contributed by atoms with Crippen LogP contribution in [-0.2, 0) is 16.1 Å². The number of hydrogen-bond donors (Lipinski definition) is 3. The molecule has 0 unspecified atom stereocenters. The number of rotatable bonds is 10. The molecule has 0 radical (unpaired) electrons. The Morgan fingerprint density at radius 1 is 1.27 bits per heavy atom. The molecule has 0 fully saturated rings. The Morgan fingerprint density at radius 2 is 1.97 bits per heavy atom. The number of halogens is 2. The fraction of sp³-hybridized carbons (Fsp3) is 0.455. The molecular weight excluding hydrogens is 453 g/mol. The molecule has 0 saturated heterocycles. The number of aromatic nitrogens is 2. The maximum Gasteiger partial charge on any atom is 0.330 e. The number of amides is 2.